The number of carbonyl (C=O) groups is 1. The summed E-state index contributed by atoms with van der Waals surface area (Å²) >= 11 is 0. The molecule has 0 bridgehead atoms. The summed E-state index contributed by atoms with van der Waals surface area (Å²) in [5.41, 5.74) is 0. The number of rotatable bonds is 3. The molecule has 0 spiro atoms. The van der Waals surface area contributed by atoms with E-state index in [4.69, 9.17) is 0 Å². The van der Waals surface area contributed by atoms with E-state index < -0.39 is 0 Å². The third-order valence-electron chi connectivity index (χ3n) is 4.34. The molecule has 6 heteroatoms. The molecule has 1 amide bonds. The first-order chi connectivity index (χ1) is 10.3. The number of hydrogen-bond donors (Lipinski definition) is 2. The van der Waals surface area contributed by atoms with Crippen LogP contribution in [0.3, 0.4) is 0 Å². The van der Waals surface area contributed by atoms with Gasteiger partial charge in [0.05, 0.1) is 5.92 Å². The van der Waals surface area contributed by atoms with Gasteiger partial charge in [-0.3, -0.25) is 4.79 Å². The van der Waals surface area contributed by atoms with Crippen molar-refractivity contribution in [2.45, 2.75) is 31.7 Å². The van der Waals surface area contributed by atoms with E-state index in [0.29, 0.717) is 6.04 Å². The van der Waals surface area contributed by atoms with Crippen molar-refractivity contribution in [1.82, 2.24) is 20.6 Å². The fourth-order valence-electron chi connectivity index (χ4n) is 3.07. The molecular weight excluding hydrogens is 266 g/mol. The molecular formula is C15H23N5O. The summed E-state index contributed by atoms with van der Waals surface area (Å²) in [5, 5.41) is 6.51. The molecule has 21 heavy (non-hydrogen) atoms. The van der Waals surface area contributed by atoms with Crippen LogP contribution in [0.1, 0.15) is 25.7 Å². The molecule has 1 aromatic heterocycles. The molecule has 2 aliphatic rings. The van der Waals surface area contributed by atoms with Gasteiger partial charge in [-0.2, -0.15) is 0 Å². The normalized spacial score (nSPS) is 23.8. The van der Waals surface area contributed by atoms with Crippen LogP contribution in [0, 0.1) is 5.92 Å². The van der Waals surface area contributed by atoms with Crippen molar-refractivity contribution < 1.29 is 4.79 Å². The summed E-state index contributed by atoms with van der Waals surface area (Å²) in [6.07, 6.45) is 7.57. The van der Waals surface area contributed by atoms with Crippen molar-refractivity contribution in [3.8, 4) is 0 Å². The minimum absolute atomic E-state index is 0.147. The first-order valence-corrected chi connectivity index (χ1v) is 7.86. The largest absolute Gasteiger partial charge is 0.353 e. The number of carbonyl (C=O) groups excluding carboxylic acids is 1. The number of aromatic nitrogens is 2. The fourth-order valence-corrected chi connectivity index (χ4v) is 3.07. The highest BCUT2D eigenvalue weighted by atomic mass is 16.2. The zero-order chi connectivity index (χ0) is 14.5. The Morgan fingerprint density at radius 2 is 2.00 bits per heavy atom. The van der Waals surface area contributed by atoms with Crippen LogP contribution in [0.15, 0.2) is 18.5 Å². The number of nitrogens with one attached hydrogen (secondary N) is 2. The summed E-state index contributed by atoms with van der Waals surface area (Å²) in [7, 11) is 0. The number of nitrogens with zero attached hydrogens (tertiary/aromatic N) is 3. The highest BCUT2D eigenvalue weighted by molar-refractivity contribution is 5.79. The minimum Gasteiger partial charge on any atom is -0.353 e. The Morgan fingerprint density at radius 1 is 1.24 bits per heavy atom. The van der Waals surface area contributed by atoms with Gasteiger partial charge in [-0.1, -0.05) is 0 Å². The number of piperidine rings is 2. The van der Waals surface area contributed by atoms with Crippen LogP contribution in [-0.2, 0) is 4.79 Å². The van der Waals surface area contributed by atoms with Gasteiger partial charge >= 0.3 is 0 Å². The van der Waals surface area contributed by atoms with Crippen molar-refractivity contribution >= 4 is 11.9 Å². The van der Waals surface area contributed by atoms with Gasteiger partial charge in [0.15, 0.2) is 0 Å². The molecule has 2 fully saturated rings. The molecule has 6 nitrogen and oxygen atoms in total. The number of hydrogen-bond acceptors (Lipinski definition) is 5. The van der Waals surface area contributed by atoms with Crippen molar-refractivity contribution in [3.63, 3.8) is 0 Å². The third-order valence-corrected chi connectivity index (χ3v) is 4.34. The van der Waals surface area contributed by atoms with Crippen molar-refractivity contribution in [3.05, 3.63) is 18.5 Å². The van der Waals surface area contributed by atoms with Gasteiger partial charge in [-0.15, -0.1) is 0 Å². The minimum atomic E-state index is 0.147. The second kappa shape index (κ2) is 6.85. The van der Waals surface area contributed by atoms with E-state index in [9.17, 15) is 4.79 Å². The van der Waals surface area contributed by atoms with Crippen molar-refractivity contribution in [2.75, 3.05) is 31.1 Å². The molecule has 114 valence electrons. The molecule has 0 aromatic carbocycles. The summed E-state index contributed by atoms with van der Waals surface area (Å²) in [6, 6.07) is 2.12. The summed E-state index contributed by atoms with van der Waals surface area (Å²) < 4.78 is 0. The number of anilines is 1. The summed E-state index contributed by atoms with van der Waals surface area (Å²) in [4.78, 5) is 23.0. The Balaban J connectivity index is 1.46. The molecule has 3 rings (SSSR count). The smallest absolute Gasteiger partial charge is 0.225 e. The Labute approximate surface area is 125 Å². The zero-order valence-electron chi connectivity index (χ0n) is 12.3. The first-order valence-electron chi connectivity index (χ1n) is 7.86. The lowest BCUT2D eigenvalue weighted by Crippen LogP contribution is -2.48. The van der Waals surface area contributed by atoms with Crippen molar-refractivity contribution in [1.29, 1.82) is 0 Å². The molecule has 2 aliphatic heterocycles. The van der Waals surface area contributed by atoms with Crippen LogP contribution in [-0.4, -0.2) is 48.1 Å². The van der Waals surface area contributed by atoms with Crippen LogP contribution in [0.2, 0.25) is 0 Å². The average molecular weight is 289 g/mol. The Bertz CT molecular complexity index is 452. The van der Waals surface area contributed by atoms with Crippen LogP contribution >= 0.6 is 0 Å². The van der Waals surface area contributed by atoms with Gasteiger partial charge in [0.25, 0.3) is 0 Å². The van der Waals surface area contributed by atoms with E-state index in [0.717, 1.165) is 57.8 Å². The van der Waals surface area contributed by atoms with Crippen LogP contribution in [0.5, 0.6) is 0 Å². The Hall–Kier alpha value is -1.69. The van der Waals surface area contributed by atoms with Gasteiger partial charge in [0.2, 0.25) is 11.9 Å². The highest BCUT2D eigenvalue weighted by Gasteiger charge is 2.26. The summed E-state index contributed by atoms with van der Waals surface area (Å²) in [6.45, 7) is 3.66. The Kier molecular flexibility index (Phi) is 4.65. The monoisotopic (exact) mass is 289 g/mol. The van der Waals surface area contributed by atoms with Gasteiger partial charge < -0.3 is 15.5 Å². The van der Waals surface area contributed by atoms with Crippen molar-refractivity contribution in [2.24, 2.45) is 5.92 Å². The lowest BCUT2D eigenvalue weighted by Gasteiger charge is -2.33. The summed E-state index contributed by atoms with van der Waals surface area (Å²) in [5.74, 6) is 1.16. The Morgan fingerprint density at radius 3 is 2.67 bits per heavy atom. The first kappa shape index (κ1) is 14.3. The molecule has 3 heterocycles. The number of amides is 1. The van der Waals surface area contributed by atoms with E-state index in [-0.39, 0.29) is 11.8 Å². The molecule has 1 atom stereocenters. The third kappa shape index (κ3) is 3.69. The molecule has 2 saturated heterocycles. The van der Waals surface area contributed by atoms with Gasteiger partial charge in [-0.05, 0) is 38.3 Å². The van der Waals surface area contributed by atoms with E-state index in [1.807, 2.05) is 6.07 Å². The SMILES string of the molecule is O=C(NC1CCN(c2ncccn2)CC1)[C@H]1CCCNC1. The maximum absolute atomic E-state index is 12.2. The van der Waals surface area contributed by atoms with E-state index in [2.05, 4.69) is 25.5 Å². The van der Waals surface area contributed by atoms with Gasteiger partial charge in [0.1, 0.15) is 0 Å². The second-order valence-corrected chi connectivity index (χ2v) is 5.86. The average Bonchev–Trinajstić information content (AvgIpc) is 2.57. The maximum atomic E-state index is 12.2. The van der Waals surface area contributed by atoms with Gasteiger partial charge in [-0.25, -0.2) is 9.97 Å². The van der Waals surface area contributed by atoms with Crippen LogP contribution < -0.4 is 15.5 Å². The molecule has 2 N–H and O–H groups in total. The van der Waals surface area contributed by atoms with E-state index in [1.54, 1.807) is 12.4 Å². The van der Waals surface area contributed by atoms with Crippen LogP contribution in [0.4, 0.5) is 5.95 Å². The standard InChI is InChI=1S/C15H23N5O/c21-14(12-3-1-6-16-11-12)19-13-4-9-20(10-5-13)15-17-7-2-8-18-15/h2,7-8,12-13,16H,1,3-6,9-11H2,(H,19,21)/t12-/m0/s1. The highest BCUT2D eigenvalue weighted by Crippen LogP contribution is 2.17. The maximum Gasteiger partial charge on any atom is 0.225 e. The molecule has 0 radical (unpaired) electrons. The van der Waals surface area contributed by atoms with Crippen LogP contribution in [0.25, 0.3) is 0 Å². The molecule has 0 unspecified atom stereocenters. The van der Waals surface area contributed by atoms with Gasteiger partial charge in [0, 0.05) is 38.1 Å². The lowest BCUT2D eigenvalue weighted by atomic mass is 9.97. The fraction of sp³-hybridized carbons (Fsp3) is 0.667. The van der Waals surface area contributed by atoms with E-state index in [1.165, 1.54) is 0 Å². The van der Waals surface area contributed by atoms with E-state index >= 15 is 0 Å². The predicted molar refractivity (Wildman–Crippen MR) is 81.0 cm³/mol. The molecule has 1 aromatic rings. The molecule has 0 aliphatic carbocycles. The lowest BCUT2D eigenvalue weighted by molar-refractivity contribution is -0.126. The predicted octanol–water partition coefficient (Wildman–Crippen LogP) is 0.561. The molecule has 0 saturated carbocycles. The zero-order valence-corrected chi connectivity index (χ0v) is 12.3. The topological polar surface area (TPSA) is 70.2 Å². The second-order valence-electron chi connectivity index (χ2n) is 5.86. The quantitative estimate of drug-likeness (QED) is 0.851.